The third kappa shape index (κ3) is 3.62. The van der Waals surface area contributed by atoms with Gasteiger partial charge in [0.1, 0.15) is 6.20 Å². The summed E-state index contributed by atoms with van der Waals surface area (Å²) in [6.07, 6.45) is 2.81. The fourth-order valence-electron chi connectivity index (χ4n) is 1.83. The van der Waals surface area contributed by atoms with Crippen LogP contribution in [0.1, 0.15) is 30.1 Å². The summed E-state index contributed by atoms with van der Waals surface area (Å²) in [7, 11) is 0. The minimum absolute atomic E-state index is 0.246. The van der Waals surface area contributed by atoms with E-state index in [1.807, 2.05) is 6.92 Å². The second-order valence-electron chi connectivity index (χ2n) is 4.62. The summed E-state index contributed by atoms with van der Waals surface area (Å²) in [6, 6.07) is 4.50. The van der Waals surface area contributed by atoms with Crippen LogP contribution < -0.4 is 16.6 Å². The topological polar surface area (TPSA) is 96.8 Å². The first-order valence-corrected chi connectivity index (χ1v) is 7.17. The molecule has 0 fully saturated rings. The molecular weight excluding hydrogens is 308 g/mol. The molecule has 1 aromatic heterocycles. The Morgan fingerprint density at radius 2 is 2.18 bits per heavy atom. The van der Waals surface area contributed by atoms with Crippen LogP contribution in [-0.2, 0) is 0 Å². The van der Waals surface area contributed by atoms with Crippen molar-refractivity contribution in [3.8, 4) is 5.69 Å². The van der Waals surface area contributed by atoms with Crippen molar-refractivity contribution < 1.29 is 4.79 Å². The lowest BCUT2D eigenvalue weighted by atomic mass is 10.2. The Morgan fingerprint density at radius 1 is 1.41 bits per heavy atom. The summed E-state index contributed by atoms with van der Waals surface area (Å²) in [4.78, 5) is 37.0. The maximum atomic E-state index is 12.1. The van der Waals surface area contributed by atoms with Crippen LogP contribution in [0.25, 0.3) is 5.69 Å². The van der Waals surface area contributed by atoms with Crippen molar-refractivity contribution in [2.45, 2.75) is 19.8 Å². The zero-order valence-electron chi connectivity index (χ0n) is 11.9. The van der Waals surface area contributed by atoms with Gasteiger partial charge in [0.2, 0.25) is 0 Å². The van der Waals surface area contributed by atoms with Crippen LogP contribution >= 0.6 is 11.6 Å². The maximum Gasteiger partial charge on any atom is 0.349 e. The first kappa shape index (κ1) is 16.0. The first-order valence-electron chi connectivity index (χ1n) is 6.79. The predicted octanol–water partition coefficient (Wildman–Crippen LogP) is 1.10. The van der Waals surface area contributed by atoms with Crippen LogP contribution in [0.2, 0.25) is 5.02 Å². The molecule has 0 saturated carbocycles. The molecule has 0 atom stereocenters. The quantitative estimate of drug-likeness (QED) is 0.806. The van der Waals surface area contributed by atoms with Crippen LogP contribution in [0.3, 0.4) is 0 Å². The van der Waals surface area contributed by atoms with Crippen molar-refractivity contribution in [3.63, 3.8) is 0 Å². The Labute approximate surface area is 130 Å². The van der Waals surface area contributed by atoms with Crippen LogP contribution in [0, 0.1) is 0 Å². The second kappa shape index (κ2) is 7.04. The van der Waals surface area contributed by atoms with Crippen LogP contribution in [0.15, 0.2) is 34.0 Å². The van der Waals surface area contributed by atoms with Gasteiger partial charge in [-0.05, 0) is 24.6 Å². The summed E-state index contributed by atoms with van der Waals surface area (Å²) in [6.45, 7) is 2.57. The standard InChI is InChI=1S/C14H15ClN4O3/c1-2-3-6-16-13(21)10-7-9(4-5-11(10)15)19-14(22)18-12(20)8-17-19/h4-5,7-8H,2-3,6H2,1H3,(H,16,21)(H,18,20,22). The van der Waals surface area contributed by atoms with Gasteiger partial charge < -0.3 is 5.32 Å². The highest BCUT2D eigenvalue weighted by molar-refractivity contribution is 6.33. The molecule has 2 aromatic rings. The zero-order chi connectivity index (χ0) is 16.1. The van der Waals surface area contributed by atoms with Gasteiger partial charge in [-0.3, -0.25) is 14.6 Å². The van der Waals surface area contributed by atoms with Crippen molar-refractivity contribution in [3.05, 3.63) is 55.8 Å². The van der Waals surface area contributed by atoms with E-state index in [9.17, 15) is 14.4 Å². The number of benzene rings is 1. The highest BCUT2D eigenvalue weighted by Gasteiger charge is 2.12. The molecule has 7 nitrogen and oxygen atoms in total. The average molecular weight is 323 g/mol. The lowest BCUT2D eigenvalue weighted by Gasteiger charge is -2.09. The second-order valence-corrected chi connectivity index (χ2v) is 5.03. The van der Waals surface area contributed by atoms with E-state index >= 15 is 0 Å². The number of halogens is 1. The SMILES string of the molecule is CCCCNC(=O)c1cc(-n2ncc(=O)[nH]c2=O)ccc1Cl. The van der Waals surface area contributed by atoms with E-state index in [0.717, 1.165) is 23.7 Å². The number of unbranched alkanes of at least 4 members (excludes halogenated alkanes) is 1. The fraction of sp³-hybridized carbons (Fsp3) is 0.286. The van der Waals surface area contributed by atoms with E-state index in [1.54, 1.807) is 0 Å². The summed E-state index contributed by atoms with van der Waals surface area (Å²) < 4.78 is 0.987. The van der Waals surface area contributed by atoms with E-state index in [-0.39, 0.29) is 16.5 Å². The Morgan fingerprint density at radius 3 is 2.86 bits per heavy atom. The number of carbonyl (C=O) groups excluding carboxylic acids is 1. The lowest BCUT2D eigenvalue weighted by molar-refractivity contribution is 0.0953. The van der Waals surface area contributed by atoms with Gasteiger partial charge in [-0.1, -0.05) is 24.9 Å². The molecule has 0 aliphatic rings. The number of aromatic amines is 1. The van der Waals surface area contributed by atoms with E-state index in [0.29, 0.717) is 12.2 Å². The van der Waals surface area contributed by atoms with Gasteiger partial charge in [0, 0.05) is 6.54 Å². The molecule has 22 heavy (non-hydrogen) atoms. The third-order valence-electron chi connectivity index (χ3n) is 2.97. The molecular formula is C14H15ClN4O3. The maximum absolute atomic E-state index is 12.1. The number of nitrogens with one attached hydrogen (secondary N) is 2. The molecule has 2 N–H and O–H groups in total. The van der Waals surface area contributed by atoms with Gasteiger partial charge in [0.15, 0.2) is 0 Å². The average Bonchev–Trinajstić information content (AvgIpc) is 2.48. The summed E-state index contributed by atoms with van der Waals surface area (Å²) in [5, 5.41) is 6.77. The molecule has 0 radical (unpaired) electrons. The van der Waals surface area contributed by atoms with Crippen LogP contribution in [-0.4, -0.2) is 27.2 Å². The van der Waals surface area contributed by atoms with E-state index in [2.05, 4.69) is 15.4 Å². The first-order chi connectivity index (χ1) is 10.5. The molecule has 0 aliphatic carbocycles. The molecule has 2 rings (SSSR count). The molecule has 0 saturated heterocycles. The van der Waals surface area contributed by atoms with Gasteiger partial charge in [-0.15, -0.1) is 0 Å². The monoisotopic (exact) mass is 322 g/mol. The van der Waals surface area contributed by atoms with Crippen molar-refractivity contribution in [1.82, 2.24) is 20.1 Å². The number of H-pyrrole nitrogens is 1. The van der Waals surface area contributed by atoms with Gasteiger partial charge in [-0.25, -0.2) is 4.79 Å². The Kier molecular flexibility index (Phi) is 5.11. The van der Waals surface area contributed by atoms with Gasteiger partial charge in [-0.2, -0.15) is 9.78 Å². The molecule has 0 bridgehead atoms. The lowest BCUT2D eigenvalue weighted by Crippen LogP contribution is -2.30. The Balaban J connectivity index is 2.36. The summed E-state index contributed by atoms with van der Waals surface area (Å²) in [5.74, 6) is -0.322. The van der Waals surface area contributed by atoms with Crippen molar-refractivity contribution in [2.24, 2.45) is 0 Å². The smallest absolute Gasteiger partial charge is 0.349 e. The molecule has 0 aliphatic heterocycles. The van der Waals surface area contributed by atoms with E-state index in [1.165, 1.54) is 18.2 Å². The number of aromatic nitrogens is 3. The highest BCUT2D eigenvalue weighted by Crippen LogP contribution is 2.18. The number of amides is 1. The molecule has 0 spiro atoms. The minimum atomic E-state index is -0.688. The molecule has 0 unspecified atom stereocenters. The summed E-state index contributed by atoms with van der Waals surface area (Å²) >= 11 is 6.03. The largest absolute Gasteiger partial charge is 0.352 e. The zero-order valence-corrected chi connectivity index (χ0v) is 12.7. The number of hydrogen-bond acceptors (Lipinski definition) is 4. The van der Waals surface area contributed by atoms with E-state index < -0.39 is 11.2 Å². The van der Waals surface area contributed by atoms with Crippen molar-refractivity contribution in [1.29, 1.82) is 0 Å². The van der Waals surface area contributed by atoms with Crippen molar-refractivity contribution in [2.75, 3.05) is 6.54 Å². The number of carbonyl (C=O) groups is 1. The van der Waals surface area contributed by atoms with E-state index in [4.69, 9.17) is 11.6 Å². The van der Waals surface area contributed by atoms with Gasteiger partial charge in [0.05, 0.1) is 16.3 Å². The van der Waals surface area contributed by atoms with Crippen molar-refractivity contribution >= 4 is 17.5 Å². The third-order valence-corrected chi connectivity index (χ3v) is 3.30. The van der Waals surface area contributed by atoms with Crippen LogP contribution in [0.5, 0.6) is 0 Å². The Hall–Kier alpha value is -2.41. The Bertz CT molecular complexity index is 797. The number of hydrogen-bond donors (Lipinski definition) is 2. The minimum Gasteiger partial charge on any atom is -0.352 e. The normalized spacial score (nSPS) is 10.5. The highest BCUT2D eigenvalue weighted by atomic mass is 35.5. The van der Waals surface area contributed by atoms with Crippen LogP contribution in [0.4, 0.5) is 0 Å². The predicted molar refractivity (Wildman–Crippen MR) is 82.7 cm³/mol. The molecule has 116 valence electrons. The molecule has 1 amide bonds. The fourth-order valence-corrected chi connectivity index (χ4v) is 2.03. The molecule has 1 aromatic carbocycles. The van der Waals surface area contributed by atoms with Gasteiger partial charge >= 0.3 is 5.69 Å². The molecule has 1 heterocycles. The van der Waals surface area contributed by atoms with Gasteiger partial charge in [0.25, 0.3) is 11.5 Å². The molecule has 8 heteroatoms. The summed E-state index contributed by atoms with van der Waals surface area (Å²) in [5.41, 5.74) is -0.693. The number of rotatable bonds is 5. The number of nitrogens with zero attached hydrogens (tertiary/aromatic N) is 2.